The molecule has 9 heteroatoms. The Bertz CT molecular complexity index is 854. The maximum absolute atomic E-state index is 12.7. The lowest BCUT2D eigenvalue weighted by atomic mass is 9.85. The number of aliphatic imine (C=N–C) groups is 1. The third-order valence-corrected chi connectivity index (χ3v) is 5.86. The molecule has 1 aromatic heterocycles. The fraction of sp³-hybridized carbons (Fsp3) is 0.476. The molecule has 2 heterocycles. The van der Waals surface area contributed by atoms with Crippen LogP contribution >= 0.6 is 0 Å². The van der Waals surface area contributed by atoms with Crippen LogP contribution in [0, 0.1) is 23.7 Å². The molecule has 2 aliphatic carbocycles. The summed E-state index contributed by atoms with van der Waals surface area (Å²) in [7, 11) is 0. The number of allylic oxidation sites excluding steroid dienone is 2. The number of guanidine groups is 1. The molecule has 30 heavy (non-hydrogen) atoms. The van der Waals surface area contributed by atoms with Gasteiger partial charge in [0.05, 0.1) is 23.7 Å². The van der Waals surface area contributed by atoms with Gasteiger partial charge in [0, 0.05) is 25.8 Å². The van der Waals surface area contributed by atoms with Gasteiger partial charge in [-0.1, -0.05) is 12.2 Å². The average Bonchev–Trinajstić information content (AvgIpc) is 3.42. The van der Waals surface area contributed by atoms with E-state index in [1.54, 1.807) is 24.5 Å². The van der Waals surface area contributed by atoms with Crippen LogP contribution in [0.2, 0.25) is 0 Å². The normalized spacial score (nSPS) is 26.8. The molecule has 0 radical (unpaired) electrons. The summed E-state index contributed by atoms with van der Waals surface area (Å²) in [5.41, 5.74) is 0.607. The fourth-order valence-electron chi connectivity index (χ4n) is 4.60. The van der Waals surface area contributed by atoms with Gasteiger partial charge >= 0.3 is 0 Å². The zero-order chi connectivity index (χ0) is 21.1. The van der Waals surface area contributed by atoms with Crippen molar-refractivity contribution in [3.05, 3.63) is 36.7 Å². The number of nitrogens with one attached hydrogen (secondary N) is 3. The highest BCUT2D eigenvalue weighted by Crippen LogP contribution is 2.52. The third-order valence-electron chi connectivity index (χ3n) is 5.86. The number of imide groups is 1. The van der Waals surface area contributed by atoms with Crippen LogP contribution in [-0.2, 0) is 14.4 Å². The number of carbonyl (C=O) groups excluding carboxylic acids is 3. The number of likely N-dealkylation sites (tertiary alicyclic amines) is 1. The first-order valence-corrected chi connectivity index (χ1v) is 10.3. The summed E-state index contributed by atoms with van der Waals surface area (Å²) in [6.07, 6.45) is 8.30. The number of hydrogen-bond acceptors (Lipinski definition) is 5. The monoisotopic (exact) mass is 410 g/mol. The van der Waals surface area contributed by atoms with Crippen molar-refractivity contribution in [3.8, 4) is 0 Å². The minimum atomic E-state index is -0.263. The van der Waals surface area contributed by atoms with Crippen LogP contribution < -0.4 is 16.0 Å². The Kier molecular flexibility index (Phi) is 5.78. The third kappa shape index (κ3) is 3.92. The minimum absolute atomic E-state index is 0.0542. The van der Waals surface area contributed by atoms with E-state index in [0.717, 1.165) is 6.42 Å². The van der Waals surface area contributed by atoms with Gasteiger partial charge in [0.15, 0.2) is 5.96 Å². The molecule has 1 saturated heterocycles. The quantitative estimate of drug-likeness (QED) is 0.259. The van der Waals surface area contributed by atoms with E-state index in [1.807, 2.05) is 6.92 Å². The number of nitrogens with zero attached hydrogens (tertiary/aromatic N) is 3. The molecular weight excluding hydrogens is 384 g/mol. The Morgan fingerprint density at radius 3 is 2.57 bits per heavy atom. The van der Waals surface area contributed by atoms with E-state index in [1.165, 1.54) is 4.90 Å². The van der Waals surface area contributed by atoms with Crippen LogP contribution in [-0.4, -0.2) is 59.7 Å². The summed E-state index contributed by atoms with van der Waals surface area (Å²) in [6, 6.07) is 3.49. The molecule has 0 aromatic carbocycles. The van der Waals surface area contributed by atoms with Crippen molar-refractivity contribution in [1.82, 2.24) is 20.5 Å². The number of aromatic nitrogens is 1. The number of rotatable bonds is 7. The average molecular weight is 410 g/mol. The van der Waals surface area contributed by atoms with Crippen molar-refractivity contribution in [1.29, 1.82) is 0 Å². The summed E-state index contributed by atoms with van der Waals surface area (Å²) < 4.78 is 0. The van der Waals surface area contributed by atoms with Gasteiger partial charge in [-0.15, -0.1) is 0 Å². The Labute approximate surface area is 175 Å². The Balaban J connectivity index is 1.28. The van der Waals surface area contributed by atoms with Gasteiger partial charge in [-0.05, 0) is 37.3 Å². The van der Waals surface area contributed by atoms with Gasteiger partial charge in [-0.2, -0.15) is 0 Å². The first kappa shape index (κ1) is 20.1. The Morgan fingerprint density at radius 1 is 1.20 bits per heavy atom. The van der Waals surface area contributed by atoms with E-state index < -0.39 is 0 Å². The molecule has 9 nitrogen and oxygen atoms in total. The molecule has 1 aliphatic heterocycles. The molecular formula is C21H26N6O3. The molecule has 4 rings (SSSR count). The predicted octanol–water partition coefficient (Wildman–Crippen LogP) is 0.382. The lowest BCUT2D eigenvalue weighted by Gasteiger charge is -2.18. The molecule has 3 aliphatic rings. The van der Waals surface area contributed by atoms with Gasteiger partial charge in [0.1, 0.15) is 6.54 Å². The second kappa shape index (κ2) is 8.64. The van der Waals surface area contributed by atoms with Gasteiger partial charge < -0.3 is 16.0 Å². The second-order valence-corrected chi connectivity index (χ2v) is 7.74. The van der Waals surface area contributed by atoms with E-state index >= 15 is 0 Å². The molecule has 2 bridgehead atoms. The summed E-state index contributed by atoms with van der Waals surface area (Å²) in [4.78, 5) is 47.1. The number of pyridine rings is 1. The molecule has 3 amide bonds. The lowest BCUT2D eigenvalue weighted by Crippen LogP contribution is -2.44. The summed E-state index contributed by atoms with van der Waals surface area (Å²) in [5.74, 6) is 0.165. The van der Waals surface area contributed by atoms with Gasteiger partial charge in [0.2, 0.25) is 17.7 Å². The molecule has 4 atom stereocenters. The van der Waals surface area contributed by atoms with Crippen LogP contribution in [0.1, 0.15) is 13.3 Å². The number of fused-ring (bicyclic) bond motifs is 5. The van der Waals surface area contributed by atoms with E-state index in [-0.39, 0.29) is 54.5 Å². The standard InChI is InChI=1S/C21H26N6O3/c1-2-23-21(25-12-16(28)26-15-4-3-7-22-11-15)24-8-9-27-19(29)17-13-5-6-14(10-13)18(17)20(27)30/h3-7,11,13-14,17-18H,2,8-10,12H2,1H3,(H,26,28)(H2,23,24,25). The van der Waals surface area contributed by atoms with E-state index in [2.05, 4.69) is 38.1 Å². The molecule has 3 N–H and O–H groups in total. The van der Waals surface area contributed by atoms with Crippen molar-refractivity contribution >= 4 is 29.4 Å². The van der Waals surface area contributed by atoms with Gasteiger partial charge in [0.25, 0.3) is 0 Å². The highest BCUT2D eigenvalue weighted by Gasteiger charge is 2.58. The SMILES string of the molecule is CCNC(=NCC(=O)Nc1cccnc1)NCCN1C(=O)C2C3C=CC(C3)C2C1=O. The van der Waals surface area contributed by atoms with E-state index in [9.17, 15) is 14.4 Å². The second-order valence-electron chi connectivity index (χ2n) is 7.74. The maximum Gasteiger partial charge on any atom is 0.246 e. The minimum Gasteiger partial charge on any atom is -0.357 e. The highest BCUT2D eigenvalue weighted by molar-refractivity contribution is 6.06. The predicted molar refractivity (Wildman–Crippen MR) is 111 cm³/mol. The first-order chi connectivity index (χ1) is 14.6. The van der Waals surface area contributed by atoms with Crippen molar-refractivity contribution in [2.24, 2.45) is 28.7 Å². The largest absolute Gasteiger partial charge is 0.357 e. The van der Waals surface area contributed by atoms with Crippen molar-refractivity contribution in [3.63, 3.8) is 0 Å². The molecule has 1 saturated carbocycles. The number of anilines is 1. The van der Waals surface area contributed by atoms with Crippen LogP contribution in [0.5, 0.6) is 0 Å². The van der Waals surface area contributed by atoms with Crippen LogP contribution in [0.3, 0.4) is 0 Å². The van der Waals surface area contributed by atoms with Crippen LogP contribution in [0.4, 0.5) is 5.69 Å². The number of amides is 3. The Hall–Kier alpha value is -3.23. The summed E-state index contributed by atoms with van der Waals surface area (Å²) >= 11 is 0. The van der Waals surface area contributed by atoms with Crippen molar-refractivity contribution in [2.45, 2.75) is 13.3 Å². The van der Waals surface area contributed by atoms with Crippen molar-refractivity contribution in [2.75, 3.05) is 31.5 Å². The molecule has 1 aromatic rings. The van der Waals surface area contributed by atoms with Crippen LogP contribution in [0.25, 0.3) is 0 Å². The van der Waals surface area contributed by atoms with Crippen molar-refractivity contribution < 1.29 is 14.4 Å². The maximum atomic E-state index is 12.7. The fourth-order valence-corrected chi connectivity index (χ4v) is 4.60. The van der Waals surface area contributed by atoms with Gasteiger partial charge in [-0.3, -0.25) is 24.3 Å². The van der Waals surface area contributed by atoms with E-state index in [4.69, 9.17) is 0 Å². The molecule has 0 spiro atoms. The molecule has 2 fully saturated rings. The summed E-state index contributed by atoms with van der Waals surface area (Å²) in [6.45, 7) is 3.14. The topological polar surface area (TPSA) is 116 Å². The molecule has 4 unspecified atom stereocenters. The molecule has 158 valence electrons. The number of hydrogen-bond donors (Lipinski definition) is 3. The zero-order valence-electron chi connectivity index (χ0n) is 16.9. The van der Waals surface area contributed by atoms with E-state index in [0.29, 0.717) is 24.7 Å². The van der Waals surface area contributed by atoms with Gasteiger partial charge in [-0.25, -0.2) is 4.99 Å². The highest BCUT2D eigenvalue weighted by atomic mass is 16.2. The Morgan fingerprint density at radius 2 is 1.93 bits per heavy atom. The number of carbonyl (C=O) groups is 3. The lowest BCUT2D eigenvalue weighted by molar-refractivity contribution is -0.140. The van der Waals surface area contributed by atoms with Crippen LogP contribution in [0.15, 0.2) is 41.7 Å². The first-order valence-electron chi connectivity index (χ1n) is 10.3. The summed E-state index contributed by atoms with van der Waals surface area (Å²) in [5, 5.41) is 8.88. The smallest absolute Gasteiger partial charge is 0.246 e. The zero-order valence-corrected chi connectivity index (χ0v) is 16.9.